The number of hydroxylamine groups is 3. The highest BCUT2D eigenvalue weighted by Gasteiger charge is 2.50. The quantitative estimate of drug-likeness (QED) is 0.276. The number of ether oxygens (including phenoxy) is 1. The van der Waals surface area contributed by atoms with Gasteiger partial charge in [-0.15, -0.1) is 0 Å². The van der Waals surface area contributed by atoms with Gasteiger partial charge in [-0.1, -0.05) is 6.07 Å². The molecular formula is C20H26N4O5. The van der Waals surface area contributed by atoms with Crippen LogP contribution in [-0.4, -0.2) is 60.8 Å². The van der Waals surface area contributed by atoms with E-state index in [1.165, 1.54) is 0 Å². The standard InChI is InChI=1S/C20H26N4O5/c25-18-7-6-17(19(26)23-18)24(28)12-15-14(20(24)27)4-1-5-16(15)22-8-2-3-13-11-21-9-10-29-13/h1,4-5,13,17,21-22H,2-3,6-12H2,(H,23,25,26)/t13-,17?,24?/m0/s1. The summed E-state index contributed by atoms with van der Waals surface area (Å²) in [6.45, 7) is 3.08. The molecule has 2 saturated heterocycles. The second kappa shape index (κ2) is 8.19. The van der Waals surface area contributed by atoms with E-state index >= 15 is 0 Å². The third kappa shape index (κ3) is 3.91. The molecule has 0 spiro atoms. The second-order valence-corrected chi connectivity index (χ2v) is 7.82. The van der Waals surface area contributed by atoms with Crippen molar-refractivity contribution in [3.63, 3.8) is 0 Å². The lowest BCUT2D eigenvalue weighted by Crippen LogP contribution is -2.60. The lowest BCUT2D eigenvalue weighted by atomic mass is 10.0. The Kier molecular flexibility index (Phi) is 5.64. The number of nitrogens with zero attached hydrogens (tertiary/aromatic N) is 1. The van der Waals surface area contributed by atoms with E-state index in [1.807, 2.05) is 6.07 Å². The Morgan fingerprint density at radius 3 is 2.90 bits per heavy atom. The summed E-state index contributed by atoms with van der Waals surface area (Å²) in [5, 5.41) is 22.2. The maximum absolute atomic E-state index is 13.4. The van der Waals surface area contributed by atoms with Gasteiger partial charge in [0.25, 0.3) is 5.91 Å². The van der Waals surface area contributed by atoms with Crippen molar-refractivity contribution in [3.8, 4) is 0 Å². The van der Waals surface area contributed by atoms with Crippen LogP contribution in [0.25, 0.3) is 0 Å². The topological polar surface area (TPSA) is 120 Å². The summed E-state index contributed by atoms with van der Waals surface area (Å²) in [6.07, 6.45) is 2.20. The number of nitrogens with one attached hydrogen (secondary N) is 3. The van der Waals surface area contributed by atoms with E-state index in [1.54, 1.807) is 12.1 Å². The van der Waals surface area contributed by atoms with Gasteiger partial charge < -0.3 is 20.6 Å². The van der Waals surface area contributed by atoms with Crippen LogP contribution in [0.4, 0.5) is 5.69 Å². The molecule has 1 aromatic carbocycles. The van der Waals surface area contributed by atoms with Crippen LogP contribution >= 0.6 is 0 Å². The van der Waals surface area contributed by atoms with E-state index in [-0.39, 0.29) is 25.5 Å². The van der Waals surface area contributed by atoms with Crippen LogP contribution in [0, 0.1) is 5.21 Å². The zero-order valence-corrected chi connectivity index (χ0v) is 16.2. The Bertz CT molecular complexity index is 823. The number of quaternary nitrogens is 1. The highest BCUT2D eigenvalue weighted by molar-refractivity contribution is 6.02. The van der Waals surface area contributed by atoms with Gasteiger partial charge >= 0.3 is 5.91 Å². The molecule has 0 radical (unpaired) electrons. The van der Waals surface area contributed by atoms with Crippen LogP contribution < -0.4 is 16.0 Å². The van der Waals surface area contributed by atoms with Gasteiger partial charge in [-0.25, -0.2) is 4.79 Å². The Balaban J connectivity index is 1.42. The molecule has 3 heterocycles. The van der Waals surface area contributed by atoms with Crippen molar-refractivity contribution in [2.75, 3.05) is 31.6 Å². The van der Waals surface area contributed by atoms with Crippen LogP contribution in [-0.2, 0) is 20.9 Å². The van der Waals surface area contributed by atoms with Gasteiger partial charge in [0.2, 0.25) is 5.91 Å². The first-order valence-corrected chi connectivity index (χ1v) is 10.1. The highest BCUT2D eigenvalue weighted by atomic mass is 16.6. The fraction of sp³-hybridized carbons (Fsp3) is 0.550. The van der Waals surface area contributed by atoms with Gasteiger partial charge in [0.05, 0.1) is 18.3 Å². The number of benzene rings is 1. The first-order chi connectivity index (χ1) is 14.0. The summed E-state index contributed by atoms with van der Waals surface area (Å²) in [4.78, 5) is 36.5. The minimum absolute atomic E-state index is 0.0749. The maximum atomic E-state index is 13.4. The normalized spacial score (nSPS) is 29.5. The predicted octanol–water partition coefficient (Wildman–Crippen LogP) is 0.641. The molecule has 1 aromatic rings. The summed E-state index contributed by atoms with van der Waals surface area (Å²) in [5.41, 5.74) is 1.75. The zero-order chi connectivity index (χ0) is 20.4. The molecular weight excluding hydrogens is 376 g/mol. The van der Waals surface area contributed by atoms with Gasteiger partial charge in [0.1, 0.15) is 6.54 Å². The molecule has 3 atom stereocenters. The first kappa shape index (κ1) is 20.0. The molecule has 3 aliphatic heterocycles. The van der Waals surface area contributed by atoms with Gasteiger partial charge in [0.15, 0.2) is 6.04 Å². The number of fused-ring (bicyclic) bond motifs is 1. The minimum Gasteiger partial charge on any atom is -0.624 e. The van der Waals surface area contributed by atoms with Crippen LogP contribution in [0.5, 0.6) is 0 Å². The predicted molar refractivity (Wildman–Crippen MR) is 105 cm³/mol. The van der Waals surface area contributed by atoms with Crippen molar-refractivity contribution in [3.05, 3.63) is 34.5 Å². The number of morpholine rings is 1. The lowest BCUT2D eigenvalue weighted by Gasteiger charge is -2.42. The van der Waals surface area contributed by atoms with E-state index in [0.29, 0.717) is 17.7 Å². The molecule has 9 heteroatoms. The molecule has 156 valence electrons. The van der Waals surface area contributed by atoms with Crippen molar-refractivity contribution in [1.82, 2.24) is 10.6 Å². The third-order valence-electron chi connectivity index (χ3n) is 5.88. The van der Waals surface area contributed by atoms with Crippen LogP contribution in [0.3, 0.4) is 0 Å². The van der Waals surface area contributed by atoms with Crippen molar-refractivity contribution < 1.29 is 23.8 Å². The lowest BCUT2D eigenvalue weighted by molar-refractivity contribution is -0.825. The Hall–Kier alpha value is -2.33. The molecule has 0 aliphatic carbocycles. The molecule has 2 fully saturated rings. The Morgan fingerprint density at radius 2 is 2.14 bits per heavy atom. The Morgan fingerprint density at radius 1 is 1.28 bits per heavy atom. The number of hydrogen-bond acceptors (Lipinski definition) is 7. The van der Waals surface area contributed by atoms with E-state index in [0.717, 1.165) is 38.2 Å². The van der Waals surface area contributed by atoms with Crippen molar-refractivity contribution >= 4 is 23.4 Å². The molecule has 4 rings (SSSR count). The highest BCUT2D eigenvalue weighted by Crippen LogP contribution is 2.37. The van der Waals surface area contributed by atoms with Gasteiger partial charge in [-0.2, -0.15) is 0 Å². The number of hydrogen-bond donors (Lipinski definition) is 3. The molecule has 9 nitrogen and oxygen atoms in total. The molecule has 3 N–H and O–H groups in total. The number of imide groups is 1. The Labute approximate surface area is 168 Å². The number of anilines is 1. The van der Waals surface area contributed by atoms with E-state index in [2.05, 4.69) is 16.0 Å². The van der Waals surface area contributed by atoms with E-state index in [9.17, 15) is 19.6 Å². The molecule has 3 amide bonds. The van der Waals surface area contributed by atoms with Crippen LogP contribution in [0.1, 0.15) is 41.6 Å². The molecule has 2 unspecified atom stereocenters. The number of rotatable bonds is 6. The number of amides is 3. The van der Waals surface area contributed by atoms with Crippen LogP contribution in [0.2, 0.25) is 0 Å². The molecule has 0 aromatic heterocycles. The second-order valence-electron chi connectivity index (χ2n) is 7.82. The first-order valence-electron chi connectivity index (χ1n) is 10.1. The average molecular weight is 402 g/mol. The molecule has 3 aliphatic rings. The summed E-state index contributed by atoms with van der Waals surface area (Å²) in [5.74, 6) is -1.67. The summed E-state index contributed by atoms with van der Waals surface area (Å²) in [6, 6.07) is 4.14. The fourth-order valence-corrected chi connectivity index (χ4v) is 4.32. The van der Waals surface area contributed by atoms with Gasteiger partial charge in [-0.05, 0) is 25.0 Å². The molecule has 0 bridgehead atoms. The van der Waals surface area contributed by atoms with Crippen molar-refractivity contribution in [2.24, 2.45) is 0 Å². The van der Waals surface area contributed by atoms with Crippen molar-refractivity contribution in [2.45, 2.75) is 44.4 Å². The van der Waals surface area contributed by atoms with Crippen molar-refractivity contribution in [1.29, 1.82) is 0 Å². The average Bonchev–Trinajstić information content (AvgIpc) is 2.98. The fourth-order valence-electron chi connectivity index (χ4n) is 4.32. The summed E-state index contributed by atoms with van der Waals surface area (Å²) in [7, 11) is 0. The molecule has 29 heavy (non-hydrogen) atoms. The SMILES string of the molecule is O=C1CCC([N+]2([O-])Cc3c(NCCC[C@H]4CNCCO4)cccc3C2=O)C(=O)N1. The minimum atomic E-state index is -1.26. The summed E-state index contributed by atoms with van der Waals surface area (Å²) >= 11 is 0. The number of carbonyl (C=O) groups is 3. The smallest absolute Gasteiger partial charge is 0.347 e. The number of carbonyl (C=O) groups excluding carboxylic acids is 3. The monoisotopic (exact) mass is 402 g/mol. The maximum Gasteiger partial charge on any atom is 0.347 e. The largest absolute Gasteiger partial charge is 0.624 e. The third-order valence-corrected chi connectivity index (χ3v) is 5.88. The van der Waals surface area contributed by atoms with Gasteiger partial charge in [-0.3, -0.25) is 19.6 Å². The molecule has 0 saturated carbocycles. The zero-order valence-electron chi connectivity index (χ0n) is 16.2. The van der Waals surface area contributed by atoms with E-state index in [4.69, 9.17) is 4.74 Å². The van der Waals surface area contributed by atoms with E-state index < -0.39 is 28.4 Å². The number of piperidine rings is 1. The van der Waals surface area contributed by atoms with Gasteiger partial charge in [0, 0.05) is 43.7 Å². The summed E-state index contributed by atoms with van der Waals surface area (Å²) < 4.78 is 4.43. The van der Waals surface area contributed by atoms with Crippen LogP contribution in [0.15, 0.2) is 18.2 Å².